The second kappa shape index (κ2) is 10.1. The molecule has 0 aromatic rings. The SMILES string of the molecule is CC1CCC(NS(=O)(=O)CC(=O)N2CCC(CN3CC(C)OC(C)C3)CC2)CC1. The van der Waals surface area contributed by atoms with Crippen LogP contribution in [0.2, 0.25) is 0 Å². The van der Waals surface area contributed by atoms with Crippen molar-refractivity contribution in [1.29, 1.82) is 0 Å². The van der Waals surface area contributed by atoms with Crippen molar-refractivity contribution in [3.8, 4) is 0 Å². The number of carbonyl (C=O) groups excluding carboxylic acids is 1. The van der Waals surface area contributed by atoms with Gasteiger partial charge in [-0.15, -0.1) is 0 Å². The summed E-state index contributed by atoms with van der Waals surface area (Å²) in [5.74, 6) is 0.564. The number of nitrogens with zero attached hydrogens (tertiary/aromatic N) is 2. The molecule has 8 heteroatoms. The van der Waals surface area contributed by atoms with Gasteiger partial charge in [0.2, 0.25) is 15.9 Å². The number of morpholine rings is 1. The van der Waals surface area contributed by atoms with Crippen molar-refractivity contribution in [2.45, 2.75) is 77.5 Å². The normalized spacial score (nSPS) is 33.0. The van der Waals surface area contributed by atoms with Gasteiger partial charge in [-0.2, -0.15) is 0 Å². The van der Waals surface area contributed by atoms with E-state index in [1.54, 1.807) is 4.90 Å². The van der Waals surface area contributed by atoms with Gasteiger partial charge in [-0.1, -0.05) is 6.92 Å². The number of nitrogens with one attached hydrogen (secondary N) is 1. The molecule has 0 aromatic carbocycles. The molecule has 1 N–H and O–H groups in total. The van der Waals surface area contributed by atoms with Crippen molar-refractivity contribution in [3.63, 3.8) is 0 Å². The first-order valence-corrected chi connectivity index (χ1v) is 13.0. The van der Waals surface area contributed by atoms with Crippen LogP contribution < -0.4 is 4.72 Å². The molecule has 1 aliphatic carbocycles. The number of rotatable bonds is 6. The fourth-order valence-corrected chi connectivity index (χ4v) is 6.43. The molecular weight excluding hydrogens is 390 g/mol. The molecule has 2 aliphatic heterocycles. The van der Waals surface area contributed by atoms with Crippen molar-refractivity contribution < 1.29 is 17.9 Å². The van der Waals surface area contributed by atoms with E-state index >= 15 is 0 Å². The molecule has 2 saturated heterocycles. The molecule has 0 bridgehead atoms. The standard InChI is InChI=1S/C21H39N3O4S/c1-16-4-6-20(7-5-16)22-29(26,27)15-21(25)24-10-8-19(9-11-24)14-23-12-17(2)28-18(3)13-23/h16-20,22H,4-15H2,1-3H3. The minimum atomic E-state index is -3.56. The van der Waals surface area contributed by atoms with Gasteiger partial charge in [0.05, 0.1) is 12.2 Å². The minimum absolute atomic E-state index is 0.00644. The van der Waals surface area contributed by atoms with E-state index in [1.165, 1.54) is 0 Å². The van der Waals surface area contributed by atoms with Gasteiger partial charge in [0.15, 0.2) is 0 Å². The van der Waals surface area contributed by atoms with Crippen molar-refractivity contribution in [2.75, 3.05) is 38.5 Å². The zero-order chi connectivity index (χ0) is 21.0. The number of piperidine rings is 1. The highest BCUT2D eigenvalue weighted by molar-refractivity contribution is 7.90. The predicted molar refractivity (Wildman–Crippen MR) is 114 cm³/mol. The summed E-state index contributed by atoms with van der Waals surface area (Å²) >= 11 is 0. The van der Waals surface area contributed by atoms with Gasteiger partial charge in [-0.3, -0.25) is 9.69 Å². The van der Waals surface area contributed by atoms with Gasteiger partial charge in [0, 0.05) is 38.8 Å². The van der Waals surface area contributed by atoms with E-state index in [9.17, 15) is 13.2 Å². The molecule has 2 heterocycles. The Kier molecular flexibility index (Phi) is 7.98. The van der Waals surface area contributed by atoms with Gasteiger partial charge < -0.3 is 9.64 Å². The second-order valence-corrected chi connectivity index (χ2v) is 11.4. The lowest BCUT2D eigenvalue weighted by atomic mass is 9.88. The van der Waals surface area contributed by atoms with Crippen LogP contribution in [-0.4, -0.2) is 80.9 Å². The third-order valence-corrected chi connectivity index (χ3v) is 7.97. The fraction of sp³-hybridized carbons (Fsp3) is 0.952. The molecule has 1 amide bonds. The molecular formula is C21H39N3O4S. The maximum Gasteiger partial charge on any atom is 0.239 e. The minimum Gasteiger partial charge on any atom is -0.373 e. The molecule has 3 rings (SSSR count). The first-order valence-electron chi connectivity index (χ1n) is 11.4. The van der Waals surface area contributed by atoms with Crippen LogP contribution >= 0.6 is 0 Å². The highest BCUT2D eigenvalue weighted by Gasteiger charge is 2.30. The summed E-state index contributed by atoms with van der Waals surface area (Å²) < 4.78 is 33.5. The molecule has 29 heavy (non-hydrogen) atoms. The quantitative estimate of drug-likeness (QED) is 0.697. The van der Waals surface area contributed by atoms with Crippen LogP contribution in [0.1, 0.15) is 59.3 Å². The van der Waals surface area contributed by atoms with Crippen molar-refractivity contribution in [2.24, 2.45) is 11.8 Å². The van der Waals surface area contributed by atoms with E-state index in [-0.39, 0.29) is 24.2 Å². The summed E-state index contributed by atoms with van der Waals surface area (Å²) in [7, 11) is -3.56. The van der Waals surface area contributed by atoms with Gasteiger partial charge >= 0.3 is 0 Å². The van der Waals surface area contributed by atoms with Crippen LogP contribution in [0.3, 0.4) is 0 Å². The van der Waals surface area contributed by atoms with Crippen LogP contribution in [0, 0.1) is 11.8 Å². The lowest BCUT2D eigenvalue weighted by Gasteiger charge is -2.39. The van der Waals surface area contributed by atoms with E-state index in [2.05, 4.69) is 30.4 Å². The van der Waals surface area contributed by atoms with Crippen LogP contribution in [0.5, 0.6) is 0 Å². The van der Waals surface area contributed by atoms with Crippen LogP contribution in [0.25, 0.3) is 0 Å². The number of ether oxygens (including phenoxy) is 1. The number of carbonyl (C=O) groups is 1. The van der Waals surface area contributed by atoms with E-state index in [4.69, 9.17) is 4.74 Å². The Morgan fingerprint density at radius 2 is 1.55 bits per heavy atom. The summed E-state index contributed by atoms with van der Waals surface area (Å²) in [4.78, 5) is 16.8. The Bertz CT molecular complexity index is 630. The summed E-state index contributed by atoms with van der Waals surface area (Å²) in [6, 6.07) is -0.00644. The maximum absolute atomic E-state index is 12.6. The summed E-state index contributed by atoms with van der Waals surface area (Å²) in [6.45, 7) is 10.7. The molecule has 3 aliphatic rings. The Morgan fingerprint density at radius 1 is 0.966 bits per heavy atom. The molecule has 168 valence electrons. The van der Waals surface area contributed by atoms with Crippen LogP contribution in [0.15, 0.2) is 0 Å². The highest BCUT2D eigenvalue weighted by atomic mass is 32.2. The van der Waals surface area contributed by atoms with Gasteiger partial charge in [0.1, 0.15) is 5.75 Å². The van der Waals surface area contributed by atoms with Gasteiger partial charge in [-0.05, 0) is 64.2 Å². The largest absolute Gasteiger partial charge is 0.373 e. The van der Waals surface area contributed by atoms with Gasteiger partial charge in [0.25, 0.3) is 0 Å². The van der Waals surface area contributed by atoms with Gasteiger partial charge in [-0.25, -0.2) is 13.1 Å². The Labute approximate surface area is 176 Å². The first kappa shape index (κ1) is 23.0. The number of likely N-dealkylation sites (tertiary alicyclic amines) is 1. The zero-order valence-electron chi connectivity index (χ0n) is 18.3. The molecule has 0 spiro atoms. The van der Waals surface area contributed by atoms with Crippen LogP contribution in [0.4, 0.5) is 0 Å². The average Bonchev–Trinajstić information content (AvgIpc) is 2.63. The summed E-state index contributed by atoms with van der Waals surface area (Å²) in [5.41, 5.74) is 0. The van der Waals surface area contributed by atoms with Crippen LogP contribution in [-0.2, 0) is 19.6 Å². The Balaban J connectivity index is 1.40. The Hall–Kier alpha value is -0.700. The van der Waals surface area contributed by atoms with E-state index < -0.39 is 15.8 Å². The lowest BCUT2D eigenvalue weighted by Crippen LogP contribution is -2.49. The van der Waals surface area contributed by atoms with E-state index in [0.29, 0.717) is 24.9 Å². The smallest absolute Gasteiger partial charge is 0.239 e. The second-order valence-electron chi connectivity index (χ2n) is 9.63. The maximum atomic E-state index is 12.6. The van der Waals surface area contributed by atoms with Crippen molar-refractivity contribution in [3.05, 3.63) is 0 Å². The third kappa shape index (κ3) is 7.19. The lowest BCUT2D eigenvalue weighted by molar-refractivity contribution is -0.130. The molecule has 2 atom stereocenters. The molecule has 7 nitrogen and oxygen atoms in total. The number of sulfonamides is 1. The highest BCUT2D eigenvalue weighted by Crippen LogP contribution is 2.24. The molecule has 0 radical (unpaired) electrons. The molecule has 2 unspecified atom stereocenters. The number of hydrogen-bond donors (Lipinski definition) is 1. The van der Waals surface area contributed by atoms with E-state index in [1.807, 2.05) is 0 Å². The topological polar surface area (TPSA) is 79.0 Å². The average molecular weight is 430 g/mol. The van der Waals surface area contributed by atoms with Crippen molar-refractivity contribution in [1.82, 2.24) is 14.5 Å². The summed E-state index contributed by atoms with van der Waals surface area (Å²) in [5, 5.41) is 0. The molecule has 1 saturated carbocycles. The van der Waals surface area contributed by atoms with E-state index in [0.717, 1.165) is 58.2 Å². The summed E-state index contributed by atoms with van der Waals surface area (Å²) in [6.07, 6.45) is 6.28. The van der Waals surface area contributed by atoms with Crippen molar-refractivity contribution >= 4 is 15.9 Å². The number of hydrogen-bond acceptors (Lipinski definition) is 5. The Morgan fingerprint density at radius 3 is 2.14 bits per heavy atom. The number of amides is 1. The monoisotopic (exact) mass is 429 g/mol. The molecule has 3 fully saturated rings. The first-order chi connectivity index (χ1) is 13.7. The zero-order valence-corrected chi connectivity index (χ0v) is 19.1. The fourth-order valence-electron chi connectivity index (χ4n) is 5.09. The third-order valence-electron chi connectivity index (χ3n) is 6.65. The molecule has 0 aromatic heterocycles. The predicted octanol–water partition coefficient (Wildman–Crippen LogP) is 1.83.